The molecule has 0 saturated heterocycles. The highest BCUT2D eigenvalue weighted by molar-refractivity contribution is 5.38. The first kappa shape index (κ1) is 14.6. The van der Waals surface area contributed by atoms with Crippen molar-refractivity contribution in [1.29, 1.82) is 0 Å². The number of rotatable bonds is 4. The van der Waals surface area contributed by atoms with Crippen molar-refractivity contribution >= 4 is 5.82 Å². The van der Waals surface area contributed by atoms with Crippen LogP contribution in [0.25, 0.3) is 0 Å². The van der Waals surface area contributed by atoms with Gasteiger partial charge in [-0.1, -0.05) is 0 Å². The van der Waals surface area contributed by atoms with Crippen LogP contribution in [0.15, 0.2) is 6.07 Å². The molecule has 0 bridgehead atoms. The Labute approximate surface area is 135 Å². The van der Waals surface area contributed by atoms with E-state index in [1.807, 2.05) is 13.0 Å². The van der Waals surface area contributed by atoms with Gasteiger partial charge in [0.05, 0.1) is 12.6 Å². The van der Waals surface area contributed by atoms with Crippen LogP contribution in [-0.2, 0) is 19.5 Å². The van der Waals surface area contributed by atoms with Crippen molar-refractivity contribution in [1.82, 2.24) is 24.7 Å². The number of aliphatic hydroxyl groups is 1. The van der Waals surface area contributed by atoms with Crippen molar-refractivity contribution in [2.24, 2.45) is 0 Å². The standard InChI is InChI=1S/C16H22N6O/c1-10-18-13(11-6-12(23)7-11)8-14(19-10)17-9-16-21-20-15-4-2-3-5-22(15)16/h8,11-12,23H,2-7,9H2,1H3,(H,17,18,19). The predicted octanol–water partition coefficient (Wildman–Crippen LogP) is 1.56. The third-order valence-corrected chi connectivity index (χ3v) is 4.75. The molecule has 4 rings (SSSR count). The molecule has 1 saturated carbocycles. The van der Waals surface area contributed by atoms with E-state index in [2.05, 4.69) is 30.0 Å². The van der Waals surface area contributed by atoms with E-state index < -0.39 is 0 Å². The minimum Gasteiger partial charge on any atom is -0.393 e. The van der Waals surface area contributed by atoms with Crippen molar-refractivity contribution in [3.05, 3.63) is 29.2 Å². The Morgan fingerprint density at radius 1 is 1.26 bits per heavy atom. The molecular weight excluding hydrogens is 292 g/mol. The molecule has 0 atom stereocenters. The number of hydrogen-bond donors (Lipinski definition) is 2. The zero-order chi connectivity index (χ0) is 15.8. The molecule has 2 aromatic rings. The number of aromatic nitrogens is 5. The first-order valence-electron chi connectivity index (χ1n) is 8.37. The number of nitrogens with zero attached hydrogens (tertiary/aromatic N) is 5. The van der Waals surface area contributed by atoms with Gasteiger partial charge in [0, 0.05) is 30.6 Å². The first-order chi connectivity index (χ1) is 11.2. The summed E-state index contributed by atoms with van der Waals surface area (Å²) in [5, 5.41) is 21.4. The van der Waals surface area contributed by atoms with Crippen LogP contribution in [0.5, 0.6) is 0 Å². The second kappa shape index (κ2) is 5.88. The lowest BCUT2D eigenvalue weighted by molar-refractivity contribution is 0.0731. The van der Waals surface area contributed by atoms with Crippen molar-refractivity contribution in [2.45, 2.75) is 64.1 Å². The quantitative estimate of drug-likeness (QED) is 0.890. The van der Waals surface area contributed by atoms with E-state index in [0.29, 0.717) is 12.5 Å². The fraction of sp³-hybridized carbons (Fsp3) is 0.625. The third kappa shape index (κ3) is 2.93. The molecule has 0 unspecified atom stereocenters. The minimum absolute atomic E-state index is 0.172. The van der Waals surface area contributed by atoms with Gasteiger partial charge >= 0.3 is 0 Å². The molecule has 7 heteroatoms. The van der Waals surface area contributed by atoms with Crippen LogP contribution in [0.3, 0.4) is 0 Å². The molecule has 7 nitrogen and oxygen atoms in total. The lowest BCUT2D eigenvalue weighted by atomic mass is 9.80. The number of aryl methyl sites for hydroxylation is 2. The Hall–Kier alpha value is -2.02. The second-order valence-corrected chi connectivity index (χ2v) is 6.54. The van der Waals surface area contributed by atoms with Crippen LogP contribution in [0.1, 0.15) is 54.8 Å². The smallest absolute Gasteiger partial charge is 0.152 e. The van der Waals surface area contributed by atoms with Crippen molar-refractivity contribution in [3.63, 3.8) is 0 Å². The van der Waals surface area contributed by atoms with E-state index in [0.717, 1.165) is 54.8 Å². The average molecular weight is 314 g/mol. The molecule has 3 heterocycles. The average Bonchev–Trinajstić information content (AvgIpc) is 2.92. The van der Waals surface area contributed by atoms with Gasteiger partial charge in [-0.25, -0.2) is 9.97 Å². The van der Waals surface area contributed by atoms with Crippen molar-refractivity contribution in [3.8, 4) is 0 Å². The molecule has 0 aromatic carbocycles. The van der Waals surface area contributed by atoms with E-state index in [9.17, 15) is 5.11 Å². The lowest BCUT2D eigenvalue weighted by Crippen LogP contribution is -2.27. The van der Waals surface area contributed by atoms with Crippen LogP contribution in [-0.4, -0.2) is 35.9 Å². The van der Waals surface area contributed by atoms with Crippen LogP contribution in [0.2, 0.25) is 0 Å². The van der Waals surface area contributed by atoms with Gasteiger partial charge in [-0.2, -0.15) is 0 Å². The maximum Gasteiger partial charge on any atom is 0.152 e. The molecule has 2 aliphatic rings. The van der Waals surface area contributed by atoms with E-state index in [4.69, 9.17) is 0 Å². The molecule has 2 N–H and O–H groups in total. The summed E-state index contributed by atoms with van der Waals surface area (Å²) < 4.78 is 2.22. The zero-order valence-corrected chi connectivity index (χ0v) is 13.4. The molecule has 23 heavy (non-hydrogen) atoms. The minimum atomic E-state index is -0.172. The Balaban J connectivity index is 1.47. The summed E-state index contributed by atoms with van der Waals surface area (Å²) in [4.78, 5) is 8.97. The van der Waals surface area contributed by atoms with Crippen molar-refractivity contribution in [2.75, 3.05) is 5.32 Å². The van der Waals surface area contributed by atoms with Gasteiger partial charge < -0.3 is 15.0 Å². The normalized spacial score (nSPS) is 23.2. The summed E-state index contributed by atoms with van der Waals surface area (Å²) in [6, 6.07) is 2.00. The molecule has 0 radical (unpaired) electrons. The second-order valence-electron chi connectivity index (χ2n) is 6.54. The Morgan fingerprint density at radius 3 is 2.96 bits per heavy atom. The Morgan fingerprint density at radius 2 is 2.13 bits per heavy atom. The van der Waals surface area contributed by atoms with Gasteiger partial charge in [0.15, 0.2) is 5.82 Å². The molecule has 1 fully saturated rings. The summed E-state index contributed by atoms with van der Waals surface area (Å²) in [6.07, 6.45) is 4.84. The van der Waals surface area contributed by atoms with E-state index in [-0.39, 0.29) is 6.10 Å². The van der Waals surface area contributed by atoms with Gasteiger partial charge in [0.1, 0.15) is 17.5 Å². The molecule has 1 aliphatic carbocycles. The predicted molar refractivity (Wildman–Crippen MR) is 85.0 cm³/mol. The number of hydrogen-bond acceptors (Lipinski definition) is 6. The van der Waals surface area contributed by atoms with E-state index in [1.165, 1.54) is 12.8 Å². The maximum atomic E-state index is 9.48. The molecule has 0 spiro atoms. The van der Waals surface area contributed by atoms with Gasteiger partial charge in [-0.15, -0.1) is 10.2 Å². The molecular formula is C16H22N6O. The van der Waals surface area contributed by atoms with Crippen molar-refractivity contribution < 1.29 is 5.11 Å². The summed E-state index contributed by atoms with van der Waals surface area (Å²) in [5.41, 5.74) is 1.02. The summed E-state index contributed by atoms with van der Waals surface area (Å²) in [7, 11) is 0. The van der Waals surface area contributed by atoms with Gasteiger partial charge in [0.2, 0.25) is 0 Å². The molecule has 2 aromatic heterocycles. The lowest BCUT2D eigenvalue weighted by Gasteiger charge is -2.31. The third-order valence-electron chi connectivity index (χ3n) is 4.75. The SMILES string of the molecule is Cc1nc(NCc2nnc3n2CCCC3)cc(C2CC(O)C2)n1. The maximum absolute atomic E-state index is 9.48. The highest BCUT2D eigenvalue weighted by atomic mass is 16.3. The van der Waals surface area contributed by atoms with Gasteiger partial charge in [0.25, 0.3) is 0 Å². The first-order valence-corrected chi connectivity index (χ1v) is 8.37. The largest absolute Gasteiger partial charge is 0.393 e. The monoisotopic (exact) mass is 314 g/mol. The van der Waals surface area contributed by atoms with Gasteiger partial charge in [-0.05, 0) is 32.6 Å². The van der Waals surface area contributed by atoms with Gasteiger partial charge in [-0.3, -0.25) is 0 Å². The Bertz CT molecular complexity index is 707. The number of fused-ring (bicyclic) bond motifs is 1. The summed E-state index contributed by atoms with van der Waals surface area (Å²) in [5.74, 6) is 4.00. The van der Waals surface area contributed by atoms with E-state index >= 15 is 0 Å². The number of anilines is 1. The Kier molecular flexibility index (Phi) is 3.72. The fourth-order valence-electron chi connectivity index (χ4n) is 3.39. The summed E-state index contributed by atoms with van der Waals surface area (Å²) >= 11 is 0. The molecule has 122 valence electrons. The number of nitrogens with one attached hydrogen (secondary N) is 1. The molecule has 0 amide bonds. The van der Waals surface area contributed by atoms with Crippen LogP contribution >= 0.6 is 0 Å². The fourth-order valence-corrected chi connectivity index (χ4v) is 3.39. The van der Waals surface area contributed by atoms with Crippen LogP contribution in [0.4, 0.5) is 5.82 Å². The molecule has 1 aliphatic heterocycles. The number of aliphatic hydroxyl groups excluding tert-OH is 1. The zero-order valence-electron chi connectivity index (χ0n) is 13.4. The highest BCUT2D eigenvalue weighted by Gasteiger charge is 2.30. The summed E-state index contributed by atoms with van der Waals surface area (Å²) in [6.45, 7) is 3.53. The highest BCUT2D eigenvalue weighted by Crippen LogP contribution is 2.36. The van der Waals surface area contributed by atoms with Crippen LogP contribution in [0, 0.1) is 6.92 Å². The topological polar surface area (TPSA) is 88.8 Å². The van der Waals surface area contributed by atoms with E-state index in [1.54, 1.807) is 0 Å². The van der Waals surface area contributed by atoms with Crippen LogP contribution < -0.4 is 5.32 Å².